The number of carbonyl (C=O) groups is 1. The number of hydrogen-bond donors (Lipinski definition) is 3. The summed E-state index contributed by atoms with van der Waals surface area (Å²) in [5, 5.41) is 10.6. The summed E-state index contributed by atoms with van der Waals surface area (Å²) in [6, 6.07) is 9.91. The number of nitrogen functional groups attached to an aromatic ring is 1. The Morgan fingerprint density at radius 2 is 2.11 bits per heavy atom. The van der Waals surface area contributed by atoms with E-state index in [1.807, 2.05) is 35.0 Å². The number of benzene rings is 1. The summed E-state index contributed by atoms with van der Waals surface area (Å²) in [4.78, 5) is 20.3. The second kappa shape index (κ2) is 8.15. The molecule has 1 aliphatic rings. The van der Waals surface area contributed by atoms with Gasteiger partial charge in [-0.25, -0.2) is 9.97 Å². The number of anilines is 2. The summed E-state index contributed by atoms with van der Waals surface area (Å²) >= 11 is 0. The van der Waals surface area contributed by atoms with Crippen LogP contribution < -0.4 is 16.4 Å². The maximum absolute atomic E-state index is 12.4. The van der Waals surface area contributed by atoms with Gasteiger partial charge in [0.2, 0.25) is 0 Å². The minimum Gasteiger partial charge on any atom is -0.382 e. The van der Waals surface area contributed by atoms with Crippen LogP contribution in [0, 0.1) is 0 Å². The third-order valence-electron chi connectivity index (χ3n) is 4.54. The lowest BCUT2D eigenvalue weighted by atomic mass is 10.0. The number of amides is 1. The van der Waals surface area contributed by atoms with Gasteiger partial charge in [-0.05, 0) is 5.56 Å². The van der Waals surface area contributed by atoms with Gasteiger partial charge in [-0.1, -0.05) is 30.3 Å². The Morgan fingerprint density at radius 1 is 1.29 bits per heavy atom. The lowest BCUT2D eigenvalue weighted by molar-refractivity contribution is 0.00220. The Morgan fingerprint density at radius 3 is 2.86 bits per heavy atom. The largest absolute Gasteiger partial charge is 0.382 e. The minimum atomic E-state index is -0.433. The van der Waals surface area contributed by atoms with Gasteiger partial charge in [-0.15, -0.1) is 0 Å². The molecule has 0 saturated carbocycles. The van der Waals surface area contributed by atoms with Crippen LogP contribution in [0.3, 0.4) is 0 Å². The van der Waals surface area contributed by atoms with Crippen molar-refractivity contribution in [1.82, 2.24) is 25.1 Å². The predicted molar refractivity (Wildman–Crippen MR) is 104 cm³/mol. The van der Waals surface area contributed by atoms with Crippen LogP contribution in [0.4, 0.5) is 11.5 Å². The van der Waals surface area contributed by atoms with E-state index in [4.69, 9.17) is 10.5 Å². The van der Waals surface area contributed by atoms with Crippen LogP contribution in [-0.4, -0.2) is 51.5 Å². The minimum absolute atomic E-state index is 0.0739. The van der Waals surface area contributed by atoms with Crippen LogP contribution in [0.25, 0.3) is 0 Å². The number of nitrogens with two attached hydrogens (primary N) is 1. The first-order chi connectivity index (χ1) is 13.7. The standard InChI is InChI=1S/C19H21N7O2/c20-18-16(22-6-7-23-18)19(27)25-14-10-24-26(12-14)17(13-4-2-1-3-5-13)15-11-21-8-9-28-15/h1-7,10,12,15,17,21H,8-9,11H2,(H2,20,23)(H,25,27)/t15-,17?/m1/s1. The molecule has 28 heavy (non-hydrogen) atoms. The highest BCUT2D eigenvalue weighted by Gasteiger charge is 2.28. The van der Waals surface area contributed by atoms with Gasteiger partial charge < -0.3 is 21.1 Å². The van der Waals surface area contributed by atoms with Gasteiger partial charge in [-0.2, -0.15) is 5.10 Å². The Bertz CT molecular complexity index is 938. The molecule has 0 aliphatic carbocycles. The third-order valence-corrected chi connectivity index (χ3v) is 4.54. The maximum atomic E-state index is 12.4. The van der Waals surface area contributed by atoms with Gasteiger partial charge in [-0.3, -0.25) is 9.48 Å². The van der Waals surface area contributed by atoms with Crippen molar-refractivity contribution in [2.24, 2.45) is 0 Å². The van der Waals surface area contributed by atoms with E-state index in [1.165, 1.54) is 12.4 Å². The average Bonchev–Trinajstić information content (AvgIpc) is 3.18. The highest BCUT2D eigenvalue weighted by Crippen LogP contribution is 2.26. The lowest BCUT2D eigenvalue weighted by Gasteiger charge is -2.31. The smallest absolute Gasteiger partial charge is 0.278 e. The first kappa shape index (κ1) is 18.1. The molecule has 1 saturated heterocycles. The topological polar surface area (TPSA) is 120 Å². The molecule has 0 spiro atoms. The molecule has 1 aliphatic heterocycles. The molecule has 3 heterocycles. The first-order valence-electron chi connectivity index (χ1n) is 9.01. The molecule has 3 aromatic rings. The zero-order valence-corrected chi connectivity index (χ0v) is 15.2. The van der Waals surface area contributed by atoms with E-state index in [1.54, 1.807) is 12.4 Å². The van der Waals surface area contributed by atoms with Crippen molar-refractivity contribution in [2.75, 3.05) is 30.7 Å². The quantitative estimate of drug-likeness (QED) is 0.607. The van der Waals surface area contributed by atoms with Gasteiger partial charge in [0, 0.05) is 31.7 Å². The fourth-order valence-electron chi connectivity index (χ4n) is 3.25. The van der Waals surface area contributed by atoms with Gasteiger partial charge in [0.15, 0.2) is 11.5 Å². The van der Waals surface area contributed by atoms with Gasteiger partial charge in [0.25, 0.3) is 5.91 Å². The highest BCUT2D eigenvalue weighted by atomic mass is 16.5. The van der Waals surface area contributed by atoms with Gasteiger partial charge >= 0.3 is 0 Å². The fraction of sp³-hybridized carbons (Fsp3) is 0.263. The normalized spacial score (nSPS) is 17.8. The number of nitrogens with zero attached hydrogens (tertiary/aromatic N) is 4. The van der Waals surface area contributed by atoms with Crippen molar-refractivity contribution in [3.63, 3.8) is 0 Å². The number of rotatable bonds is 5. The molecule has 9 nitrogen and oxygen atoms in total. The van der Waals surface area contributed by atoms with E-state index in [2.05, 4.69) is 25.7 Å². The number of hydrogen-bond acceptors (Lipinski definition) is 7. The third kappa shape index (κ3) is 3.85. The molecule has 9 heteroatoms. The number of ether oxygens (including phenoxy) is 1. The predicted octanol–water partition coefficient (Wildman–Crippen LogP) is 1.09. The molecule has 4 rings (SSSR count). The molecule has 1 aromatic carbocycles. The monoisotopic (exact) mass is 379 g/mol. The molecule has 144 valence electrons. The zero-order chi connectivity index (χ0) is 19.3. The highest BCUT2D eigenvalue weighted by molar-refractivity contribution is 6.05. The first-order valence-corrected chi connectivity index (χ1v) is 9.01. The summed E-state index contributed by atoms with van der Waals surface area (Å²) in [7, 11) is 0. The van der Waals surface area contributed by atoms with Crippen molar-refractivity contribution in [1.29, 1.82) is 0 Å². The number of morpholine rings is 1. The van der Waals surface area contributed by atoms with Crippen LogP contribution in [0.5, 0.6) is 0 Å². The molecule has 0 radical (unpaired) electrons. The van der Waals surface area contributed by atoms with Crippen molar-refractivity contribution in [2.45, 2.75) is 12.1 Å². The lowest BCUT2D eigenvalue weighted by Crippen LogP contribution is -2.43. The van der Waals surface area contributed by atoms with Crippen molar-refractivity contribution >= 4 is 17.4 Å². The Balaban J connectivity index is 1.58. The van der Waals surface area contributed by atoms with Crippen LogP contribution in [0.15, 0.2) is 55.1 Å². The second-order valence-electron chi connectivity index (χ2n) is 6.42. The second-order valence-corrected chi connectivity index (χ2v) is 6.42. The van der Waals surface area contributed by atoms with Crippen LogP contribution in [0.2, 0.25) is 0 Å². The summed E-state index contributed by atoms with van der Waals surface area (Å²) in [5.41, 5.74) is 7.42. The van der Waals surface area contributed by atoms with E-state index in [0.29, 0.717) is 12.3 Å². The average molecular weight is 379 g/mol. The molecule has 0 bridgehead atoms. The van der Waals surface area contributed by atoms with Crippen molar-refractivity contribution < 1.29 is 9.53 Å². The summed E-state index contributed by atoms with van der Waals surface area (Å²) in [6.07, 6.45) is 6.16. The molecular weight excluding hydrogens is 358 g/mol. The SMILES string of the molecule is Nc1nccnc1C(=O)Nc1cnn(C(c2ccccc2)[C@H]2CNCCO2)c1. The number of aromatic nitrogens is 4. The molecule has 1 unspecified atom stereocenters. The molecule has 1 fully saturated rings. The van der Waals surface area contributed by atoms with Crippen molar-refractivity contribution in [3.8, 4) is 0 Å². The van der Waals surface area contributed by atoms with E-state index < -0.39 is 5.91 Å². The molecular formula is C19H21N7O2. The zero-order valence-electron chi connectivity index (χ0n) is 15.2. The molecule has 4 N–H and O–H groups in total. The molecule has 1 amide bonds. The molecule has 2 atom stereocenters. The molecule has 2 aromatic heterocycles. The number of nitrogens with one attached hydrogen (secondary N) is 2. The summed E-state index contributed by atoms with van der Waals surface area (Å²) in [5.74, 6) is -0.353. The fourth-order valence-corrected chi connectivity index (χ4v) is 3.25. The van der Waals surface area contributed by atoms with Crippen LogP contribution >= 0.6 is 0 Å². The van der Waals surface area contributed by atoms with Crippen LogP contribution in [-0.2, 0) is 4.74 Å². The summed E-state index contributed by atoms with van der Waals surface area (Å²) < 4.78 is 7.79. The van der Waals surface area contributed by atoms with Crippen LogP contribution in [0.1, 0.15) is 22.1 Å². The van der Waals surface area contributed by atoms with Gasteiger partial charge in [0.05, 0.1) is 24.6 Å². The van der Waals surface area contributed by atoms with E-state index in [0.717, 1.165) is 18.7 Å². The number of carbonyl (C=O) groups excluding carboxylic acids is 1. The Hall–Kier alpha value is -3.30. The Kier molecular flexibility index (Phi) is 5.27. The van der Waals surface area contributed by atoms with E-state index in [9.17, 15) is 4.79 Å². The Labute approximate surface area is 161 Å². The maximum Gasteiger partial charge on any atom is 0.278 e. The van der Waals surface area contributed by atoms with E-state index >= 15 is 0 Å². The van der Waals surface area contributed by atoms with Gasteiger partial charge in [0.1, 0.15) is 6.04 Å². The van der Waals surface area contributed by atoms with Crippen molar-refractivity contribution in [3.05, 3.63) is 66.4 Å². The van der Waals surface area contributed by atoms with E-state index in [-0.39, 0.29) is 23.7 Å². The summed E-state index contributed by atoms with van der Waals surface area (Å²) in [6.45, 7) is 2.19.